The summed E-state index contributed by atoms with van der Waals surface area (Å²) in [5, 5.41) is 5.55. The van der Waals surface area contributed by atoms with Crippen LogP contribution in [0.15, 0.2) is 18.2 Å². The third kappa shape index (κ3) is 5.11. The predicted molar refractivity (Wildman–Crippen MR) is 95.9 cm³/mol. The molecule has 2 rings (SSSR count). The summed E-state index contributed by atoms with van der Waals surface area (Å²) in [7, 11) is 0. The summed E-state index contributed by atoms with van der Waals surface area (Å²) in [6, 6.07) is 5.86. The average Bonchev–Trinajstić information content (AvgIpc) is 2.63. The molecule has 1 aromatic carbocycles. The minimum atomic E-state index is -0.272. The van der Waals surface area contributed by atoms with Gasteiger partial charge in [0.2, 0.25) is 11.8 Å². The number of amides is 2. The Morgan fingerprint density at radius 1 is 1.16 bits per heavy atom. The van der Waals surface area contributed by atoms with Crippen LogP contribution in [0.5, 0.6) is 11.5 Å². The Morgan fingerprint density at radius 3 is 2.52 bits per heavy atom. The second kappa shape index (κ2) is 8.23. The van der Waals surface area contributed by atoms with Crippen LogP contribution in [0.3, 0.4) is 0 Å². The fraction of sp³-hybridized carbons (Fsp3) is 0.579. The molecule has 2 N–H and O–H groups in total. The minimum absolute atomic E-state index is 0.000389. The van der Waals surface area contributed by atoms with Crippen LogP contribution in [0, 0.1) is 5.92 Å². The molecule has 1 aliphatic heterocycles. The smallest absolute Gasteiger partial charge is 0.239 e. The van der Waals surface area contributed by atoms with E-state index in [4.69, 9.17) is 9.47 Å². The number of benzene rings is 1. The number of ether oxygens (including phenoxy) is 2. The van der Waals surface area contributed by atoms with Gasteiger partial charge in [0, 0.05) is 17.9 Å². The van der Waals surface area contributed by atoms with Gasteiger partial charge in [-0.15, -0.1) is 0 Å². The van der Waals surface area contributed by atoms with Crippen molar-refractivity contribution in [2.24, 2.45) is 5.92 Å². The number of fused-ring (bicyclic) bond motifs is 1. The van der Waals surface area contributed by atoms with Gasteiger partial charge in [-0.3, -0.25) is 9.59 Å². The lowest BCUT2D eigenvalue weighted by Gasteiger charge is -2.28. The van der Waals surface area contributed by atoms with Crippen LogP contribution in [0.25, 0.3) is 0 Å². The molecule has 0 saturated heterocycles. The first-order chi connectivity index (χ1) is 11.8. The topological polar surface area (TPSA) is 76.7 Å². The highest BCUT2D eigenvalue weighted by molar-refractivity contribution is 5.85. The maximum Gasteiger partial charge on any atom is 0.239 e. The van der Waals surface area contributed by atoms with Gasteiger partial charge in [0.05, 0.1) is 6.54 Å². The highest BCUT2D eigenvalue weighted by Crippen LogP contribution is 2.34. The van der Waals surface area contributed by atoms with E-state index in [1.165, 1.54) is 0 Å². The summed E-state index contributed by atoms with van der Waals surface area (Å²) in [5.41, 5.74) is 0.785. The Morgan fingerprint density at radius 2 is 1.84 bits per heavy atom. The van der Waals surface area contributed by atoms with Crippen LogP contribution in [0.1, 0.15) is 39.7 Å². The highest BCUT2D eigenvalue weighted by atomic mass is 16.6. The maximum atomic E-state index is 12.0. The van der Waals surface area contributed by atoms with Gasteiger partial charge < -0.3 is 20.1 Å². The molecule has 1 aliphatic rings. The van der Waals surface area contributed by atoms with E-state index in [1.807, 2.05) is 32.0 Å². The van der Waals surface area contributed by atoms with Gasteiger partial charge in [0.15, 0.2) is 11.5 Å². The Kier molecular flexibility index (Phi) is 6.28. The second-order valence-corrected chi connectivity index (χ2v) is 7.05. The second-order valence-electron chi connectivity index (χ2n) is 7.05. The standard InChI is InChI=1S/C19H28N2O4/c1-5-13(2)18(23)20-11-17(22)21-12-19(3,4)14-6-7-15-16(10-14)25-9-8-24-15/h6-7,10,13H,5,8-9,11-12H2,1-4H3,(H,20,23)(H,21,22)/t13-/m1/s1. The molecule has 138 valence electrons. The van der Waals surface area contributed by atoms with E-state index in [0.29, 0.717) is 19.8 Å². The molecule has 0 unspecified atom stereocenters. The highest BCUT2D eigenvalue weighted by Gasteiger charge is 2.24. The average molecular weight is 348 g/mol. The monoisotopic (exact) mass is 348 g/mol. The van der Waals surface area contributed by atoms with E-state index in [-0.39, 0.29) is 29.7 Å². The number of hydrogen-bond acceptors (Lipinski definition) is 4. The van der Waals surface area contributed by atoms with E-state index in [2.05, 4.69) is 24.5 Å². The van der Waals surface area contributed by atoms with E-state index < -0.39 is 0 Å². The quantitative estimate of drug-likeness (QED) is 0.790. The van der Waals surface area contributed by atoms with E-state index in [1.54, 1.807) is 0 Å². The van der Waals surface area contributed by atoms with Crippen molar-refractivity contribution in [3.63, 3.8) is 0 Å². The molecule has 1 heterocycles. The van der Waals surface area contributed by atoms with Crippen LogP contribution < -0.4 is 20.1 Å². The molecule has 0 aromatic heterocycles. The number of rotatable bonds is 7. The van der Waals surface area contributed by atoms with Gasteiger partial charge in [-0.1, -0.05) is 33.8 Å². The number of nitrogens with one attached hydrogen (secondary N) is 2. The zero-order chi connectivity index (χ0) is 18.4. The summed E-state index contributed by atoms with van der Waals surface area (Å²) < 4.78 is 11.2. The summed E-state index contributed by atoms with van der Waals surface area (Å²) in [6.07, 6.45) is 0.755. The molecular formula is C19H28N2O4. The van der Waals surface area contributed by atoms with Crippen molar-refractivity contribution in [1.82, 2.24) is 10.6 Å². The zero-order valence-electron chi connectivity index (χ0n) is 15.5. The van der Waals surface area contributed by atoms with Crippen molar-refractivity contribution in [3.05, 3.63) is 23.8 Å². The summed E-state index contributed by atoms with van der Waals surface area (Å²) in [5.74, 6) is 1.12. The molecular weight excluding hydrogens is 320 g/mol. The van der Waals surface area contributed by atoms with E-state index >= 15 is 0 Å². The summed E-state index contributed by atoms with van der Waals surface area (Å²) in [6.45, 7) is 9.47. The van der Waals surface area contributed by atoms with Crippen LogP contribution in [0.4, 0.5) is 0 Å². The Hall–Kier alpha value is -2.24. The third-order valence-corrected chi connectivity index (χ3v) is 4.53. The Balaban J connectivity index is 1.88. The molecule has 0 radical (unpaired) electrons. The fourth-order valence-corrected chi connectivity index (χ4v) is 2.48. The first-order valence-electron chi connectivity index (χ1n) is 8.78. The largest absolute Gasteiger partial charge is 0.486 e. The molecule has 1 aromatic rings. The molecule has 0 fully saturated rings. The first kappa shape index (κ1) is 19.1. The summed E-state index contributed by atoms with van der Waals surface area (Å²) in [4.78, 5) is 23.7. The molecule has 1 atom stereocenters. The Labute approximate surface area is 149 Å². The van der Waals surface area contributed by atoms with Gasteiger partial charge in [-0.25, -0.2) is 0 Å². The molecule has 25 heavy (non-hydrogen) atoms. The fourth-order valence-electron chi connectivity index (χ4n) is 2.48. The number of carbonyl (C=O) groups is 2. The lowest BCUT2D eigenvalue weighted by atomic mass is 9.84. The van der Waals surface area contributed by atoms with Crippen molar-refractivity contribution < 1.29 is 19.1 Å². The maximum absolute atomic E-state index is 12.0. The predicted octanol–water partition coefficient (Wildman–Crippen LogP) is 2.01. The van der Waals surface area contributed by atoms with Crippen molar-refractivity contribution in [1.29, 1.82) is 0 Å². The van der Waals surface area contributed by atoms with Crippen molar-refractivity contribution in [2.75, 3.05) is 26.3 Å². The van der Waals surface area contributed by atoms with E-state index in [0.717, 1.165) is 23.5 Å². The number of carbonyl (C=O) groups excluding carboxylic acids is 2. The SMILES string of the molecule is CC[C@@H](C)C(=O)NCC(=O)NCC(C)(C)c1ccc2c(c1)OCCO2. The molecule has 2 amide bonds. The van der Waals surface area contributed by atoms with Crippen LogP contribution in [0.2, 0.25) is 0 Å². The first-order valence-corrected chi connectivity index (χ1v) is 8.78. The molecule has 0 bridgehead atoms. The van der Waals surface area contributed by atoms with E-state index in [9.17, 15) is 9.59 Å². The molecule has 6 heteroatoms. The van der Waals surface area contributed by atoms with Crippen molar-refractivity contribution in [3.8, 4) is 11.5 Å². The molecule has 6 nitrogen and oxygen atoms in total. The van der Waals surface area contributed by atoms with Crippen LogP contribution in [-0.2, 0) is 15.0 Å². The number of hydrogen-bond donors (Lipinski definition) is 2. The zero-order valence-corrected chi connectivity index (χ0v) is 15.5. The lowest BCUT2D eigenvalue weighted by Crippen LogP contribution is -2.43. The van der Waals surface area contributed by atoms with Gasteiger partial charge >= 0.3 is 0 Å². The van der Waals surface area contributed by atoms with Crippen molar-refractivity contribution >= 4 is 11.8 Å². The normalized spacial score (nSPS) is 14.6. The third-order valence-electron chi connectivity index (χ3n) is 4.53. The van der Waals surface area contributed by atoms with Gasteiger partial charge in [0.1, 0.15) is 13.2 Å². The molecule has 0 saturated carbocycles. The van der Waals surface area contributed by atoms with Gasteiger partial charge in [-0.2, -0.15) is 0 Å². The molecule has 0 aliphatic carbocycles. The van der Waals surface area contributed by atoms with Gasteiger partial charge in [0.25, 0.3) is 0 Å². The van der Waals surface area contributed by atoms with Crippen LogP contribution >= 0.6 is 0 Å². The van der Waals surface area contributed by atoms with Crippen LogP contribution in [-0.4, -0.2) is 38.1 Å². The van der Waals surface area contributed by atoms with Crippen molar-refractivity contribution in [2.45, 2.75) is 39.5 Å². The Bertz CT molecular complexity index is 628. The summed E-state index contributed by atoms with van der Waals surface area (Å²) >= 11 is 0. The lowest BCUT2D eigenvalue weighted by molar-refractivity contribution is -0.128. The van der Waals surface area contributed by atoms with Gasteiger partial charge in [-0.05, 0) is 24.1 Å². The molecule has 0 spiro atoms. The minimum Gasteiger partial charge on any atom is -0.486 e.